The van der Waals surface area contributed by atoms with Gasteiger partial charge >= 0.3 is 0 Å². The van der Waals surface area contributed by atoms with E-state index in [0.29, 0.717) is 25.4 Å². The van der Waals surface area contributed by atoms with E-state index in [1.807, 2.05) is 0 Å². The maximum absolute atomic E-state index is 11.2. The Labute approximate surface area is 72.3 Å². The minimum Gasteiger partial charge on any atom is -0.395 e. The zero-order chi connectivity index (χ0) is 8.97. The van der Waals surface area contributed by atoms with Gasteiger partial charge in [0.1, 0.15) is 0 Å². The third kappa shape index (κ3) is 2.19. The van der Waals surface area contributed by atoms with Crippen molar-refractivity contribution in [2.75, 3.05) is 26.2 Å². The van der Waals surface area contributed by atoms with Crippen molar-refractivity contribution in [3.05, 3.63) is 0 Å². The molecule has 1 aliphatic rings. The van der Waals surface area contributed by atoms with Crippen molar-refractivity contribution in [2.24, 2.45) is 11.7 Å². The number of β-amino-alcohol motifs (C(OH)–C–C–N with tert-alkyl or cyclic N) is 1. The summed E-state index contributed by atoms with van der Waals surface area (Å²) in [5.41, 5.74) is 5.51. The Morgan fingerprint density at radius 2 is 2.42 bits per heavy atom. The standard InChI is InChI=1S/C8H16N2O2/c9-5-7-1-2-8(12)10(6-7)3-4-11/h7,11H,1-6,9H2. The Hall–Kier alpha value is -0.610. The molecule has 1 fully saturated rings. The molecule has 1 heterocycles. The molecule has 1 atom stereocenters. The molecule has 0 spiro atoms. The molecule has 1 aliphatic heterocycles. The van der Waals surface area contributed by atoms with E-state index in [-0.39, 0.29) is 12.5 Å². The fraction of sp³-hybridized carbons (Fsp3) is 0.875. The van der Waals surface area contributed by atoms with Gasteiger partial charge in [-0.25, -0.2) is 0 Å². The minimum atomic E-state index is 0.0447. The number of amides is 1. The zero-order valence-electron chi connectivity index (χ0n) is 7.20. The van der Waals surface area contributed by atoms with E-state index in [1.54, 1.807) is 4.90 Å². The second-order valence-electron chi connectivity index (χ2n) is 3.20. The first-order valence-electron chi connectivity index (χ1n) is 4.36. The SMILES string of the molecule is NCC1CCC(=O)N(CCO)C1. The normalized spacial score (nSPS) is 24.7. The summed E-state index contributed by atoms with van der Waals surface area (Å²) in [5, 5.41) is 8.67. The molecule has 1 saturated heterocycles. The second-order valence-corrected chi connectivity index (χ2v) is 3.20. The van der Waals surface area contributed by atoms with E-state index in [0.717, 1.165) is 13.0 Å². The van der Waals surface area contributed by atoms with Crippen LogP contribution in [0.15, 0.2) is 0 Å². The predicted molar refractivity (Wildman–Crippen MR) is 45.4 cm³/mol. The van der Waals surface area contributed by atoms with Gasteiger partial charge in [-0.3, -0.25) is 4.79 Å². The Morgan fingerprint density at radius 1 is 1.67 bits per heavy atom. The minimum absolute atomic E-state index is 0.0447. The smallest absolute Gasteiger partial charge is 0.222 e. The van der Waals surface area contributed by atoms with E-state index >= 15 is 0 Å². The molecule has 1 unspecified atom stereocenters. The summed E-state index contributed by atoms with van der Waals surface area (Å²) in [5.74, 6) is 0.572. The van der Waals surface area contributed by atoms with Crippen LogP contribution in [0.3, 0.4) is 0 Å². The van der Waals surface area contributed by atoms with Crippen LogP contribution >= 0.6 is 0 Å². The molecule has 4 nitrogen and oxygen atoms in total. The third-order valence-electron chi connectivity index (χ3n) is 2.30. The molecule has 70 valence electrons. The summed E-state index contributed by atoms with van der Waals surface area (Å²) in [6.45, 7) is 1.85. The summed E-state index contributed by atoms with van der Waals surface area (Å²) in [6, 6.07) is 0. The lowest BCUT2D eigenvalue weighted by Gasteiger charge is -2.31. The average Bonchev–Trinajstić information content (AvgIpc) is 2.09. The fourth-order valence-corrected chi connectivity index (χ4v) is 1.52. The van der Waals surface area contributed by atoms with Gasteiger partial charge in [-0.1, -0.05) is 0 Å². The predicted octanol–water partition coefficient (Wildman–Crippen LogP) is -0.824. The molecule has 3 N–H and O–H groups in total. The molecular formula is C8H16N2O2. The van der Waals surface area contributed by atoms with Gasteiger partial charge in [0.05, 0.1) is 6.61 Å². The van der Waals surface area contributed by atoms with E-state index < -0.39 is 0 Å². The molecule has 0 aromatic rings. The monoisotopic (exact) mass is 172 g/mol. The first kappa shape index (κ1) is 9.48. The Bertz CT molecular complexity index is 161. The maximum atomic E-state index is 11.2. The van der Waals surface area contributed by atoms with Crippen LogP contribution in [0.1, 0.15) is 12.8 Å². The number of rotatable bonds is 3. The lowest BCUT2D eigenvalue weighted by molar-refractivity contribution is -0.135. The summed E-state index contributed by atoms with van der Waals surface area (Å²) in [6.07, 6.45) is 1.49. The highest BCUT2D eigenvalue weighted by atomic mass is 16.3. The van der Waals surface area contributed by atoms with Crippen molar-refractivity contribution in [1.29, 1.82) is 0 Å². The molecular weight excluding hydrogens is 156 g/mol. The number of hydrogen-bond acceptors (Lipinski definition) is 3. The number of nitrogens with zero attached hydrogens (tertiary/aromatic N) is 1. The number of aliphatic hydroxyl groups excluding tert-OH is 1. The molecule has 4 heteroatoms. The van der Waals surface area contributed by atoms with Crippen LogP contribution in [0.4, 0.5) is 0 Å². The van der Waals surface area contributed by atoms with Crippen molar-refractivity contribution in [3.8, 4) is 0 Å². The zero-order valence-corrected chi connectivity index (χ0v) is 7.20. The van der Waals surface area contributed by atoms with Crippen molar-refractivity contribution >= 4 is 5.91 Å². The molecule has 0 saturated carbocycles. The van der Waals surface area contributed by atoms with Crippen molar-refractivity contribution in [2.45, 2.75) is 12.8 Å². The fourth-order valence-electron chi connectivity index (χ4n) is 1.52. The lowest BCUT2D eigenvalue weighted by atomic mass is 9.98. The van der Waals surface area contributed by atoms with Crippen LogP contribution in [-0.2, 0) is 4.79 Å². The van der Waals surface area contributed by atoms with Gasteiger partial charge < -0.3 is 15.7 Å². The largest absolute Gasteiger partial charge is 0.395 e. The maximum Gasteiger partial charge on any atom is 0.222 e. The van der Waals surface area contributed by atoms with Gasteiger partial charge in [-0.15, -0.1) is 0 Å². The van der Waals surface area contributed by atoms with E-state index in [4.69, 9.17) is 10.8 Å². The highest BCUT2D eigenvalue weighted by Crippen LogP contribution is 2.15. The number of carbonyl (C=O) groups is 1. The first-order valence-corrected chi connectivity index (χ1v) is 4.36. The highest BCUT2D eigenvalue weighted by Gasteiger charge is 2.23. The lowest BCUT2D eigenvalue weighted by Crippen LogP contribution is -2.43. The van der Waals surface area contributed by atoms with Gasteiger partial charge in [-0.05, 0) is 18.9 Å². The molecule has 12 heavy (non-hydrogen) atoms. The van der Waals surface area contributed by atoms with Gasteiger partial charge in [0.25, 0.3) is 0 Å². The first-order chi connectivity index (χ1) is 5.77. The molecule has 0 bridgehead atoms. The number of carbonyl (C=O) groups excluding carboxylic acids is 1. The molecule has 1 amide bonds. The van der Waals surface area contributed by atoms with Gasteiger partial charge in [0.2, 0.25) is 5.91 Å². The Morgan fingerprint density at radius 3 is 3.00 bits per heavy atom. The number of likely N-dealkylation sites (tertiary alicyclic amines) is 1. The molecule has 0 aromatic heterocycles. The number of aliphatic hydroxyl groups is 1. The van der Waals surface area contributed by atoms with Gasteiger partial charge in [-0.2, -0.15) is 0 Å². The van der Waals surface area contributed by atoms with Crippen LogP contribution in [0.2, 0.25) is 0 Å². The van der Waals surface area contributed by atoms with Crippen LogP contribution in [0.5, 0.6) is 0 Å². The van der Waals surface area contributed by atoms with E-state index in [9.17, 15) is 4.79 Å². The summed E-state index contributed by atoms with van der Waals surface area (Å²) >= 11 is 0. The highest BCUT2D eigenvalue weighted by molar-refractivity contribution is 5.76. The molecule has 0 radical (unpaired) electrons. The van der Waals surface area contributed by atoms with Crippen LogP contribution in [0.25, 0.3) is 0 Å². The average molecular weight is 172 g/mol. The number of piperidine rings is 1. The van der Waals surface area contributed by atoms with Crippen LogP contribution in [-0.4, -0.2) is 42.2 Å². The summed E-state index contributed by atoms with van der Waals surface area (Å²) in [4.78, 5) is 12.9. The number of nitrogens with two attached hydrogens (primary N) is 1. The third-order valence-corrected chi connectivity index (χ3v) is 2.30. The van der Waals surface area contributed by atoms with Crippen LogP contribution in [0, 0.1) is 5.92 Å². The number of hydrogen-bond donors (Lipinski definition) is 2. The Balaban J connectivity index is 2.41. The van der Waals surface area contributed by atoms with Gasteiger partial charge in [0, 0.05) is 19.5 Å². The molecule has 1 rings (SSSR count). The summed E-state index contributed by atoms with van der Waals surface area (Å²) in [7, 11) is 0. The molecule has 0 aromatic carbocycles. The summed E-state index contributed by atoms with van der Waals surface area (Å²) < 4.78 is 0. The van der Waals surface area contributed by atoms with Crippen LogP contribution < -0.4 is 5.73 Å². The molecule has 0 aliphatic carbocycles. The quantitative estimate of drug-likeness (QED) is 0.584. The topological polar surface area (TPSA) is 66.6 Å². The second kappa shape index (κ2) is 4.42. The van der Waals surface area contributed by atoms with Crippen molar-refractivity contribution in [1.82, 2.24) is 4.90 Å². The Kier molecular flexibility index (Phi) is 3.49. The van der Waals surface area contributed by atoms with E-state index in [2.05, 4.69) is 0 Å². The van der Waals surface area contributed by atoms with Gasteiger partial charge in [0.15, 0.2) is 0 Å². The van der Waals surface area contributed by atoms with E-state index in [1.165, 1.54) is 0 Å². The van der Waals surface area contributed by atoms with Crippen molar-refractivity contribution < 1.29 is 9.90 Å². The van der Waals surface area contributed by atoms with Crippen molar-refractivity contribution in [3.63, 3.8) is 0 Å².